The van der Waals surface area contributed by atoms with Crippen LogP contribution in [-0.4, -0.2) is 47.4 Å². The highest BCUT2D eigenvalue weighted by Gasteiger charge is 2.20. The number of allylic oxidation sites excluding steroid dienone is 6. The summed E-state index contributed by atoms with van der Waals surface area (Å²) in [6, 6.07) is -0.582. The molecule has 3 N–H and O–H groups in total. The molecule has 0 aliphatic heterocycles. The Kier molecular flexibility index (Phi) is 56.0. The van der Waals surface area contributed by atoms with Gasteiger partial charge < -0.3 is 20.3 Å². The zero-order valence-electron chi connectivity index (χ0n) is 45.6. The van der Waals surface area contributed by atoms with Gasteiger partial charge in [-0.15, -0.1) is 0 Å². The Morgan fingerprint density at radius 2 is 0.750 bits per heavy atom. The largest absolute Gasteiger partial charge is 0.466 e. The van der Waals surface area contributed by atoms with E-state index in [0.29, 0.717) is 25.9 Å². The van der Waals surface area contributed by atoms with Gasteiger partial charge in [0, 0.05) is 12.8 Å². The topological polar surface area (TPSA) is 95.9 Å². The highest BCUT2D eigenvalue weighted by Crippen LogP contribution is 2.17. The van der Waals surface area contributed by atoms with Crippen LogP contribution in [-0.2, 0) is 14.3 Å². The number of carbonyl (C=O) groups excluding carboxylic acids is 2. The SMILES string of the molecule is CCCCCC/C=C\C/C=C\CCCCCCCCCC(=O)OCCCCCC/C=C\CCCC(=O)NC(CO)C(O)CCCCCCCCCCCCCCCCCCCCCCCCCC. The standard InChI is InChI=1S/C62H117NO5/c1-3-5-7-9-11-13-15-17-19-21-23-24-25-26-27-28-29-31-33-35-38-42-46-50-54-60(65)59(58-64)63-61(66)55-51-47-43-39-37-41-45-49-53-57-68-62(67)56-52-48-44-40-36-34-32-30-22-20-18-16-14-12-10-8-6-4-2/h14,16,20,22,39,43,59-60,64-65H,3-13,15,17-19,21,23-38,40-42,44-58H2,1-2H3,(H,63,66)/b16-14-,22-20-,43-39-. The lowest BCUT2D eigenvalue weighted by atomic mass is 10.0. The summed E-state index contributed by atoms with van der Waals surface area (Å²) in [6.07, 6.45) is 71.5. The first kappa shape index (κ1) is 66.1. The lowest BCUT2D eigenvalue weighted by Gasteiger charge is -2.22. The molecule has 0 rings (SSSR count). The number of aliphatic hydroxyl groups is 2. The summed E-state index contributed by atoms with van der Waals surface area (Å²) in [4.78, 5) is 24.6. The van der Waals surface area contributed by atoms with Crippen molar-refractivity contribution in [2.45, 2.75) is 334 Å². The van der Waals surface area contributed by atoms with Gasteiger partial charge in [0.05, 0.1) is 25.4 Å². The highest BCUT2D eigenvalue weighted by molar-refractivity contribution is 5.76. The second-order valence-corrected chi connectivity index (χ2v) is 20.7. The Hall–Kier alpha value is -1.92. The number of carbonyl (C=O) groups is 2. The van der Waals surface area contributed by atoms with Crippen LogP contribution in [0.15, 0.2) is 36.5 Å². The summed E-state index contributed by atoms with van der Waals surface area (Å²) in [5, 5.41) is 23.3. The van der Waals surface area contributed by atoms with Crippen molar-refractivity contribution in [1.82, 2.24) is 5.32 Å². The number of nitrogens with one attached hydrogen (secondary N) is 1. The Morgan fingerprint density at radius 1 is 0.412 bits per heavy atom. The minimum absolute atomic E-state index is 0.0422. The van der Waals surface area contributed by atoms with Crippen molar-refractivity contribution in [3.63, 3.8) is 0 Å². The van der Waals surface area contributed by atoms with E-state index in [2.05, 4.69) is 55.6 Å². The van der Waals surface area contributed by atoms with Crippen molar-refractivity contribution in [3.05, 3.63) is 36.5 Å². The Morgan fingerprint density at radius 3 is 1.18 bits per heavy atom. The van der Waals surface area contributed by atoms with Crippen molar-refractivity contribution in [2.75, 3.05) is 13.2 Å². The normalized spacial score (nSPS) is 12.8. The first-order chi connectivity index (χ1) is 33.5. The first-order valence-electron chi connectivity index (χ1n) is 30.2. The van der Waals surface area contributed by atoms with Crippen LogP contribution in [0.25, 0.3) is 0 Å². The summed E-state index contributed by atoms with van der Waals surface area (Å²) < 4.78 is 5.46. The summed E-state index contributed by atoms with van der Waals surface area (Å²) in [5.74, 6) is -0.136. The minimum Gasteiger partial charge on any atom is -0.466 e. The van der Waals surface area contributed by atoms with Crippen LogP contribution < -0.4 is 5.32 Å². The van der Waals surface area contributed by atoms with Crippen LogP contribution in [0, 0.1) is 0 Å². The van der Waals surface area contributed by atoms with Gasteiger partial charge in [0.1, 0.15) is 0 Å². The maximum atomic E-state index is 12.5. The summed E-state index contributed by atoms with van der Waals surface area (Å²) in [6.45, 7) is 4.86. The number of unbranched alkanes of at least 4 members (excludes halogenated alkanes) is 39. The molecule has 0 saturated heterocycles. The number of aliphatic hydroxyl groups excluding tert-OH is 2. The van der Waals surface area contributed by atoms with E-state index in [1.54, 1.807) is 0 Å². The molecule has 6 heteroatoms. The molecule has 2 unspecified atom stereocenters. The van der Waals surface area contributed by atoms with E-state index in [1.807, 2.05) is 0 Å². The second kappa shape index (κ2) is 57.7. The maximum absolute atomic E-state index is 12.5. The molecule has 68 heavy (non-hydrogen) atoms. The van der Waals surface area contributed by atoms with Gasteiger partial charge in [-0.05, 0) is 77.0 Å². The molecule has 0 aromatic heterocycles. The third-order valence-electron chi connectivity index (χ3n) is 13.9. The monoisotopic (exact) mass is 956 g/mol. The first-order valence-corrected chi connectivity index (χ1v) is 30.2. The van der Waals surface area contributed by atoms with Gasteiger partial charge in [0.15, 0.2) is 0 Å². The molecule has 0 saturated carbocycles. The molecule has 1 amide bonds. The molecular weight excluding hydrogens is 839 g/mol. The zero-order chi connectivity index (χ0) is 49.3. The molecule has 0 bridgehead atoms. The fourth-order valence-corrected chi connectivity index (χ4v) is 9.26. The number of amides is 1. The fourth-order valence-electron chi connectivity index (χ4n) is 9.26. The average molecular weight is 957 g/mol. The minimum atomic E-state index is -0.698. The van der Waals surface area contributed by atoms with Gasteiger partial charge in [0.25, 0.3) is 0 Å². The van der Waals surface area contributed by atoms with Crippen LogP contribution in [0.2, 0.25) is 0 Å². The molecule has 0 spiro atoms. The highest BCUT2D eigenvalue weighted by atomic mass is 16.5. The summed E-state index contributed by atoms with van der Waals surface area (Å²) in [7, 11) is 0. The van der Waals surface area contributed by atoms with E-state index in [1.165, 1.54) is 212 Å². The van der Waals surface area contributed by atoms with E-state index < -0.39 is 12.1 Å². The number of esters is 1. The van der Waals surface area contributed by atoms with Crippen LogP contribution in [0.1, 0.15) is 322 Å². The van der Waals surface area contributed by atoms with Crippen molar-refractivity contribution in [1.29, 1.82) is 0 Å². The van der Waals surface area contributed by atoms with Gasteiger partial charge in [0.2, 0.25) is 5.91 Å². The predicted octanol–water partition coefficient (Wildman–Crippen LogP) is 18.8. The van der Waals surface area contributed by atoms with E-state index >= 15 is 0 Å². The van der Waals surface area contributed by atoms with Crippen LogP contribution in [0.5, 0.6) is 0 Å². The third kappa shape index (κ3) is 53.4. The lowest BCUT2D eigenvalue weighted by molar-refractivity contribution is -0.143. The van der Waals surface area contributed by atoms with E-state index in [0.717, 1.165) is 77.0 Å². The molecule has 2 atom stereocenters. The van der Waals surface area contributed by atoms with Crippen molar-refractivity contribution in [2.24, 2.45) is 0 Å². The summed E-state index contributed by atoms with van der Waals surface area (Å²) in [5.41, 5.74) is 0. The van der Waals surface area contributed by atoms with Crippen LogP contribution >= 0.6 is 0 Å². The van der Waals surface area contributed by atoms with E-state index in [4.69, 9.17) is 4.74 Å². The molecule has 0 radical (unpaired) electrons. The Labute approximate surface area is 424 Å². The molecule has 0 aliphatic carbocycles. The molecular formula is C62H117NO5. The van der Waals surface area contributed by atoms with Gasteiger partial charge in [-0.1, -0.05) is 269 Å². The number of ether oxygens (including phenoxy) is 1. The maximum Gasteiger partial charge on any atom is 0.305 e. The quantitative estimate of drug-likeness (QED) is 0.0321. The molecule has 6 nitrogen and oxygen atoms in total. The fraction of sp³-hybridized carbons (Fsp3) is 0.871. The van der Waals surface area contributed by atoms with Crippen LogP contribution in [0.3, 0.4) is 0 Å². The third-order valence-corrected chi connectivity index (χ3v) is 13.9. The van der Waals surface area contributed by atoms with Gasteiger partial charge in [-0.25, -0.2) is 0 Å². The number of hydrogen-bond acceptors (Lipinski definition) is 5. The molecule has 0 aromatic carbocycles. The van der Waals surface area contributed by atoms with Gasteiger partial charge in [-0.2, -0.15) is 0 Å². The van der Waals surface area contributed by atoms with Crippen LogP contribution in [0.4, 0.5) is 0 Å². The second-order valence-electron chi connectivity index (χ2n) is 20.7. The number of rotatable bonds is 56. The molecule has 0 heterocycles. The smallest absolute Gasteiger partial charge is 0.305 e. The van der Waals surface area contributed by atoms with Crippen molar-refractivity contribution >= 4 is 11.9 Å². The molecule has 0 fully saturated rings. The number of hydrogen-bond donors (Lipinski definition) is 3. The average Bonchev–Trinajstić information content (AvgIpc) is 3.34. The molecule has 0 aromatic rings. The molecule has 400 valence electrons. The Balaban J connectivity index is 3.51. The van der Waals surface area contributed by atoms with Crippen molar-refractivity contribution in [3.8, 4) is 0 Å². The van der Waals surface area contributed by atoms with E-state index in [-0.39, 0.29) is 18.5 Å². The van der Waals surface area contributed by atoms with Crippen molar-refractivity contribution < 1.29 is 24.5 Å². The van der Waals surface area contributed by atoms with E-state index in [9.17, 15) is 19.8 Å². The molecule has 0 aliphatic rings. The summed E-state index contributed by atoms with van der Waals surface area (Å²) >= 11 is 0. The zero-order valence-corrected chi connectivity index (χ0v) is 45.6. The lowest BCUT2D eigenvalue weighted by Crippen LogP contribution is -2.45. The predicted molar refractivity (Wildman–Crippen MR) is 296 cm³/mol. The van der Waals surface area contributed by atoms with Gasteiger partial charge in [-0.3, -0.25) is 9.59 Å². The Bertz CT molecular complexity index is 1100. The van der Waals surface area contributed by atoms with Gasteiger partial charge >= 0.3 is 5.97 Å².